The van der Waals surface area contributed by atoms with Crippen molar-refractivity contribution in [2.45, 2.75) is 43.9 Å². The average Bonchev–Trinajstić information content (AvgIpc) is 2.61. The number of nitrogens with two attached hydrogens (primary N) is 1. The lowest BCUT2D eigenvalue weighted by Gasteiger charge is -2.22. The van der Waals surface area contributed by atoms with Crippen molar-refractivity contribution in [3.8, 4) is 0 Å². The van der Waals surface area contributed by atoms with E-state index in [2.05, 4.69) is 16.0 Å². The molecule has 0 spiro atoms. The molecule has 28 heavy (non-hydrogen) atoms. The Balaban J connectivity index is 4.79. The van der Waals surface area contributed by atoms with Crippen LogP contribution in [-0.4, -0.2) is 87.8 Å². The van der Waals surface area contributed by atoms with Crippen molar-refractivity contribution < 1.29 is 39.3 Å². The van der Waals surface area contributed by atoms with Crippen LogP contribution in [0.5, 0.6) is 0 Å². The van der Waals surface area contributed by atoms with Crippen LogP contribution in [0.3, 0.4) is 0 Å². The van der Waals surface area contributed by atoms with Crippen molar-refractivity contribution >= 4 is 41.4 Å². The van der Waals surface area contributed by atoms with Gasteiger partial charge in [-0.1, -0.05) is 0 Å². The zero-order chi connectivity index (χ0) is 21.9. The second-order valence-electron chi connectivity index (χ2n) is 5.86. The molecule has 4 atom stereocenters. The van der Waals surface area contributed by atoms with E-state index in [1.165, 1.54) is 18.7 Å². The van der Waals surface area contributed by atoms with Crippen LogP contribution in [-0.2, 0) is 24.0 Å². The normalized spacial score (nSPS) is 14.9. The van der Waals surface area contributed by atoms with Gasteiger partial charge in [-0.3, -0.25) is 19.2 Å². The van der Waals surface area contributed by atoms with E-state index in [0.29, 0.717) is 5.75 Å². The zero-order valence-corrected chi connectivity index (χ0v) is 16.3. The number of hydrogen-bond donors (Lipinski definition) is 7. The summed E-state index contributed by atoms with van der Waals surface area (Å²) in [6.45, 7) is 0.469. The molecule has 0 aliphatic rings. The third kappa shape index (κ3) is 9.53. The van der Waals surface area contributed by atoms with Crippen LogP contribution in [0, 0.1) is 0 Å². The number of aliphatic hydroxyl groups excluding tert-OH is 1. The molecule has 8 N–H and O–H groups in total. The molecular weight excluding hydrogens is 396 g/mol. The van der Waals surface area contributed by atoms with Gasteiger partial charge in [-0.15, -0.1) is 0 Å². The summed E-state index contributed by atoms with van der Waals surface area (Å²) in [6, 6.07) is -5.16. The predicted octanol–water partition coefficient (Wildman–Crippen LogP) is -2.91. The van der Waals surface area contributed by atoms with Crippen molar-refractivity contribution in [1.29, 1.82) is 0 Å². The van der Waals surface area contributed by atoms with Crippen molar-refractivity contribution in [2.75, 3.05) is 18.6 Å². The van der Waals surface area contributed by atoms with Gasteiger partial charge >= 0.3 is 11.9 Å². The van der Waals surface area contributed by atoms with Crippen LogP contribution in [0.15, 0.2) is 0 Å². The Morgan fingerprint density at radius 3 is 2.00 bits per heavy atom. The molecule has 0 rings (SSSR count). The number of carbonyl (C=O) groups excluding carboxylic acids is 3. The largest absolute Gasteiger partial charge is 0.481 e. The van der Waals surface area contributed by atoms with E-state index in [9.17, 15) is 29.1 Å². The topological polar surface area (TPSA) is 208 Å². The fourth-order valence-corrected chi connectivity index (χ4v) is 2.39. The summed E-state index contributed by atoms with van der Waals surface area (Å²) >= 11 is 1.39. The Hall–Kier alpha value is -2.38. The molecule has 12 nitrogen and oxygen atoms in total. The molecule has 0 bridgehead atoms. The van der Waals surface area contributed by atoms with Gasteiger partial charge in [0.05, 0.1) is 19.1 Å². The average molecular weight is 422 g/mol. The van der Waals surface area contributed by atoms with E-state index in [1.807, 2.05) is 0 Å². The molecule has 3 amide bonds. The first-order chi connectivity index (χ1) is 13.0. The summed E-state index contributed by atoms with van der Waals surface area (Å²) < 4.78 is 0. The highest BCUT2D eigenvalue weighted by Crippen LogP contribution is 2.02. The summed E-state index contributed by atoms with van der Waals surface area (Å²) in [4.78, 5) is 57.7. The van der Waals surface area contributed by atoms with Gasteiger partial charge in [0.2, 0.25) is 17.7 Å². The Kier molecular flexibility index (Phi) is 11.8. The van der Waals surface area contributed by atoms with E-state index in [1.54, 1.807) is 6.26 Å². The van der Waals surface area contributed by atoms with Crippen LogP contribution < -0.4 is 21.7 Å². The molecule has 0 heterocycles. The van der Waals surface area contributed by atoms with Crippen LogP contribution in [0.1, 0.15) is 19.8 Å². The lowest BCUT2D eigenvalue weighted by Crippen LogP contribution is -2.57. The van der Waals surface area contributed by atoms with Gasteiger partial charge in [0.15, 0.2) is 0 Å². The first kappa shape index (κ1) is 25.6. The third-order valence-corrected chi connectivity index (χ3v) is 4.17. The number of carbonyl (C=O) groups is 5. The first-order valence-electron chi connectivity index (χ1n) is 8.24. The lowest BCUT2D eigenvalue weighted by atomic mass is 10.1. The maximum absolute atomic E-state index is 12.1. The van der Waals surface area contributed by atoms with E-state index >= 15 is 0 Å². The van der Waals surface area contributed by atoms with Gasteiger partial charge in [0.25, 0.3) is 0 Å². The van der Waals surface area contributed by atoms with Crippen molar-refractivity contribution in [3.05, 3.63) is 0 Å². The molecule has 4 unspecified atom stereocenters. The molecule has 0 aromatic rings. The van der Waals surface area contributed by atoms with E-state index in [-0.39, 0.29) is 6.42 Å². The summed E-state index contributed by atoms with van der Waals surface area (Å²) in [5.41, 5.74) is 5.38. The van der Waals surface area contributed by atoms with Crippen LogP contribution in [0.2, 0.25) is 0 Å². The summed E-state index contributed by atoms with van der Waals surface area (Å²) in [6.07, 6.45) is 1.30. The maximum atomic E-state index is 12.1. The minimum absolute atomic E-state index is 0.155. The van der Waals surface area contributed by atoms with Crippen molar-refractivity contribution in [2.24, 2.45) is 5.73 Å². The number of aliphatic hydroxyl groups is 1. The fourth-order valence-electron chi connectivity index (χ4n) is 1.92. The maximum Gasteiger partial charge on any atom is 0.326 e. The summed E-state index contributed by atoms with van der Waals surface area (Å²) in [7, 11) is 0. The van der Waals surface area contributed by atoms with Gasteiger partial charge in [-0.25, -0.2) is 4.79 Å². The number of amides is 3. The fraction of sp³-hybridized carbons (Fsp3) is 0.667. The molecule has 0 aromatic carbocycles. The number of thioether (sulfide) groups is 1. The zero-order valence-electron chi connectivity index (χ0n) is 15.5. The van der Waals surface area contributed by atoms with Gasteiger partial charge in [-0.05, 0) is 25.4 Å². The van der Waals surface area contributed by atoms with Crippen LogP contribution in [0.4, 0.5) is 0 Å². The highest BCUT2D eigenvalue weighted by molar-refractivity contribution is 7.98. The van der Waals surface area contributed by atoms with Crippen LogP contribution in [0.25, 0.3) is 0 Å². The predicted molar refractivity (Wildman–Crippen MR) is 99.4 cm³/mol. The number of aliphatic carboxylic acids is 2. The molecule has 0 fully saturated rings. The van der Waals surface area contributed by atoms with E-state index in [0.717, 1.165) is 0 Å². The molecule has 0 aliphatic carbocycles. The van der Waals surface area contributed by atoms with Crippen molar-refractivity contribution in [1.82, 2.24) is 16.0 Å². The number of hydrogen-bond acceptors (Lipinski definition) is 8. The second kappa shape index (κ2) is 12.9. The van der Waals surface area contributed by atoms with Crippen molar-refractivity contribution in [3.63, 3.8) is 0 Å². The van der Waals surface area contributed by atoms with Gasteiger partial charge < -0.3 is 37.0 Å². The van der Waals surface area contributed by atoms with E-state index < -0.39 is 66.9 Å². The molecule has 0 radical (unpaired) electrons. The summed E-state index contributed by atoms with van der Waals surface area (Å²) in [5, 5.41) is 33.6. The number of carboxylic acids is 2. The summed E-state index contributed by atoms with van der Waals surface area (Å²) in [5.74, 6) is -4.68. The number of carboxylic acid groups (broad SMARTS) is 2. The lowest BCUT2D eigenvalue weighted by molar-refractivity contribution is -0.142. The SMILES string of the molecule is CSCCC(NC(=O)C(CO)NC(=O)C(C)NC(=O)C(N)CC(=O)O)C(=O)O. The van der Waals surface area contributed by atoms with Gasteiger partial charge in [-0.2, -0.15) is 11.8 Å². The van der Waals surface area contributed by atoms with Crippen LogP contribution >= 0.6 is 11.8 Å². The quantitative estimate of drug-likeness (QED) is 0.161. The highest BCUT2D eigenvalue weighted by atomic mass is 32.2. The third-order valence-electron chi connectivity index (χ3n) is 3.52. The molecule has 0 aromatic heterocycles. The van der Waals surface area contributed by atoms with Gasteiger partial charge in [0, 0.05) is 0 Å². The highest BCUT2D eigenvalue weighted by Gasteiger charge is 2.28. The molecule has 0 saturated carbocycles. The Morgan fingerprint density at radius 1 is 0.964 bits per heavy atom. The van der Waals surface area contributed by atoms with E-state index in [4.69, 9.17) is 15.9 Å². The molecular formula is C15H26N4O8S. The molecule has 0 aliphatic heterocycles. The number of rotatable bonds is 13. The monoisotopic (exact) mass is 422 g/mol. The molecule has 13 heteroatoms. The Bertz CT molecular complexity index is 588. The van der Waals surface area contributed by atoms with Gasteiger partial charge in [0.1, 0.15) is 18.1 Å². The minimum atomic E-state index is -1.43. The second-order valence-corrected chi connectivity index (χ2v) is 6.84. The molecule has 160 valence electrons. The number of nitrogens with one attached hydrogen (secondary N) is 3. The Morgan fingerprint density at radius 2 is 1.54 bits per heavy atom. The Labute approximate surface area is 165 Å². The standard InChI is InChI=1S/C15H26N4O8S/c1-7(17-13(24)8(16)5-11(21)22)12(23)19-10(6-20)14(25)18-9(15(26)27)3-4-28-2/h7-10,20H,3-6,16H2,1-2H3,(H,17,24)(H,18,25)(H,19,23)(H,21,22)(H,26,27). The minimum Gasteiger partial charge on any atom is -0.481 e. The molecule has 0 saturated heterocycles. The first-order valence-corrected chi connectivity index (χ1v) is 9.63. The smallest absolute Gasteiger partial charge is 0.326 e.